The maximum absolute atomic E-state index is 11.2. The zero-order chi connectivity index (χ0) is 12.5. The third-order valence-corrected chi connectivity index (χ3v) is 2.72. The SMILES string of the molecule is CNc1ncc(-c2ccc3[nH]c(=O)[nH]c3c2)cn1. The summed E-state index contributed by atoms with van der Waals surface area (Å²) < 4.78 is 0. The molecule has 18 heavy (non-hydrogen) atoms. The van der Waals surface area contributed by atoms with Gasteiger partial charge in [-0.05, 0) is 17.7 Å². The van der Waals surface area contributed by atoms with Crippen LogP contribution in [0.1, 0.15) is 0 Å². The second-order valence-electron chi connectivity index (χ2n) is 3.88. The molecule has 3 N–H and O–H groups in total. The van der Waals surface area contributed by atoms with E-state index >= 15 is 0 Å². The van der Waals surface area contributed by atoms with Gasteiger partial charge in [0.25, 0.3) is 0 Å². The number of aromatic nitrogens is 4. The van der Waals surface area contributed by atoms with Gasteiger partial charge in [0.2, 0.25) is 5.95 Å². The molecule has 0 saturated heterocycles. The quantitative estimate of drug-likeness (QED) is 0.632. The molecular formula is C12H11N5O. The van der Waals surface area contributed by atoms with Crippen LogP contribution in [-0.4, -0.2) is 27.0 Å². The van der Waals surface area contributed by atoms with Crippen LogP contribution in [-0.2, 0) is 0 Å². The molecule has 0 atom stereocenters. The van der Waals surface area contributed by atoms with Crippen LogP contribution in [0, 0.1) is 0 Å². The van der Waals surface area contributed by atoms with Crippen LogP contribution in [0.5, 0.6) is 0 Å². The maximum atomic E-state index is 11.2. The number of hydrogen-bond acceptors (Lipinski definition) is 4. The lowest BCUT2D eigenvalue weighted by Crippen LogP contribution is -1.99. The topological polar surface area (TPSA) is 86.5 Å². The molecule has 0 aliphatic heterocycles. The van der Waals surface area contributed by atoms with Crippen LogP contribution in [0.2, 0.25) is 0 Å². The standard InChI is InChI=1S/C12H11N5O/c1-13-11-14-5-8(6-15-11)7-2-3-9-10(4-7)17-12(18)16-9/h2-6H,1H3,(H,13,14,15)(H2,16,17,18). The van der Waals surface area contributed by atoms with E-state index in [4.69, 9.17) is 0 Å². The number of anilines is 1. The van der Waals surface area contributed by atoms with Gasteiger partial charge in [-0.25, -0.2) is 14.8 Å². The van der Waals surface area contributed by atoms with Crippen molar-refractivity contribution in [1.82, 2.24) is 19.9 Å². The first-order valence-corrected chi connectivity index (χ1v) is 5.48. The van der Waals surface area contributed by atoms with E-state index in [0.717, 1.165) is 22.2 Å². The highest BCUT2D eigenvalue weighted by Gasteiger charge is 2.03. The second kappa shape index (κ2) is 3.99. The van der Waals surface area contributed by atoms with Gasteiger partial charge in [-0.15, -0.1) is 0 Å². The summed E-state index contributed by atoms with van der Waals surface area (Å²) in [6, 6.07) is 5.67. The molecule has 0 aliphatic carbocycles. The highest BCUT2D eigenvalue weighted by atomic mass is 16.1. The van der Waals surface area contributed by atoms with Crippen molar-refractivity contribution in [2.45, 2.75) is 0 Å². The van der Waals surface area contributed by atoms with Crippen molar-refractivity contribution >= 4 is 17.0 Å². The summed E-state index contributed by atoms with van der Waals surface area (Å²) in [7, 11) is 1.77. The predicted octanol–water partition coefficient (Wildman–Crippen LogP) is 1.35. The summed E-state index contributed by atoms with van der Waals surface area (Å²) in [5.74, 6) is 0.579. The summed E-state index contributed by atoms with van der Waals surface area (Å²) in [4.78, 5) is 24.9. The van der Waals surface area contributed by atoms with Crippen molar-refractivity contribution in [3.8, 4) is 11.1 Å². The van der Waals surface area contributed by atoms with Crippen LogP contribution in [0.3, 0.4) is 0 Å². The molecule has 0 radical (unpaired) electrons. The molecule has 2 aromatic heterocycles. The first-order chi connectivity index (χ1) is 8.76. The summed E-state index contributed by atoms with van der Waals surface area (Å²) in [6.07, 6.45) is 3.48. The van der Waals surface area contributed by atoms with Crippen LogP contribution >= 0.6 is 0 Å². The molecule has 2 heterocycles. The molecular weight excluding hydrogens is 230 g/mol. The first kappa shape index (κ1) is 10.5. The fraction of sp³-hybridized carbons (Fsp3) is 0.0833. The van der Waals surface area contributed by atoms with Crippen molar-refractivity contribution < 1.29 is 0 Å². The van der Waals surface area contributed by atoms with E-state index in [0.29, 0.717) is 5.95 Å². The Kier molecular flexibility index (Phi) is 2.33. The molecule has 3 rings (SSSR count). The lowest BCUT2D eigenvalue weighted by molar-refractivity contribution is 1.15. The molecule has 3 aromatic rings. The van der Waals surface area contributed by atoms with Gasteiger partial charge in [-0.3, -0.25) is 0 Å². The molecule has 0 aliphatic rings. The van der Waals surface area contributed by atoms with Gasteiger partial charge in [0.15, 0.2) is 0 Å². The number of aromatic amines is 2. The van der Waals surface area contributed by atoms with E-state index in [9.17, 15) is 4.79 Å². The Hall–Kier alpha value is -2.63. The zero-order valence-electron chi connectivity index (χ0n) is 9.69. The molecule has 6 nitrogen and oxygen atoms in total. The normalized spacial score (nSPS) is 10.7. The van der Waals surface area contributed by atoms with Crippen molar-refractivity contribution in [3.63, 3.8) is 0 Å². The lowest BCUT2D eigenvalue weighted by atomic mass is 10.1. The third-order valence-electron chi connectivity index (χ3n) is 2.72. The number of rotatable bonds is 2. The smallest absolute Gasteiger partial charge is 0.323 e. The van der Waals surface area contributed by atoms with Crippen molar-refractivity contribution in [3.05, 3.63) is 41.1 Å². The lowest BCUT2D eigenvalue weighted by Gasteiger charge is -2.02. The third kappa shape index (κ3) is 1.73. The number of nitrogens with one attached hydrogen (secondary N) is 3. The Morgan fingerprint density at radius 1 is 1.06 bits per heavy atom. The molecule has 0 spiro atoms. The minimum Gasteiger partial charge on any atom is -0.357 e. The fourth-order valence-electron chi connectivity index (χ4n) is 1.82. The highest BCUT2D eigenvalue weighted by molar-refractivity contribution is 5.81. The van der Waals surface area contributed by atoms with Crippen LogP contribution in [0.15, 0.2) is 35.4 Å². The Balaban J connectivity index is 2.09. The number of hydrogen-bond donors (Lipinski definition) is 3. The number of H-pyrrole nitrogens is 2. The summed E-state index contributed by atoms with van der Waals surface area (Å²) in [5.41, 5.74) is 3.22. The Bertz CT molecular complexity index is 741. The second-order valence-corrected chi connectivity index (χ2v) is 3.88. The largest absolute Gasteiger partial charge is 0.357 e. The van der Waals surface area contributed by atoms with Gasteiger partial charge >= 0.3 is 5.69 Å². The maximum Gasteiger partial charge on any atom is 0.323 e. The van der Waals surface area contributed by atoms with E-state index in [1.165, 1.54) is 0 Å². The van der Waals surface area contributed by atoms with E-state index < -0.39 is 0 Å². The summed E-state index contributed by atoms with van der Waals surface area (Å²) >= 11 is 0. The fourth-order valence-corrected chi connectivity index (χ4v) is 1.82. The predicted molar refractivity (Wildman–Crippen MR) is 69.5 cm³/mol. The molecule has 0 fully saturated rings. The number of fused-ring (bicyclic) bond motifs is 1. The van der Waals surface area contributed by atoms with E-state index in [1.807, 2.05) is 18.2 Å². The number of imidazole rings is 1. The van der Waals surface area contributed by atoms with Gasteiger partial charge in [0.1, 0.15) is 0 Å². The van der Waals surface area contributed by atoms with Gasteiger partial charge < -0.3 is 15.3 Å². The van der Waals surface area contributed by atoms with Crippen molar-refractivity contribution in [2.24, 2.45) is 0 Å². The van der Waals surface area contributed by atoms with Crippen LogP contribution in [0.4, 0.5) is 5.95 Å². The van der Waals surface area contributed by atoms with E-state index in [2.05, 4.69) is 25.3 Å². The van der Waals surface area contributed by atoms with Crippen LogP contribution in [0.25, 0.3) is 22.2 Å². The summed E-state index contributed by atoms with van der Waals surface area (Å²) in [5, 5.41) is 2.86. The molecule has 0 amide bonds. The van der Waals surface area contributed by atoms with Crippen LogP contribution < -0.4 is 11.0 Å². The molecule has 6 heteroatoms. The minimum absolute atomic E-state index is 0.205. The average molecular weight is 241 g/mol. The molecule has 90 valence electrons. The monoisotopic (exact) mass is 241 g/mol. The Labute approximate surface area is 102 Å². The molecule has 0 bridgehead atoms. The molecule has 0 saturated carbocycles. The first-order valence-electron chi connectivity index (χ1n) is 5.48. The van der Waals surface area contributed by atoms with Crippen molar-refractivity contribution in [2.75, 3.05) is 12.4 Å². The van der Waals surface area contributed by atoms with E-state index in [-0.39, 0.29) is 5.69 Å². The minimum atomic E-state index is -0.205. The highest BCUT2D eigenvalue weighted by Crippen LogP contribution is 2.21. The number of benzene rings is 1. The van der Waals surface area contributed by atoms with Gasteiger partial charge in [0.05, 0.1) is 11.0 Å². The summed E-state index contributed by atoms with van der Waals surface area (Å²) in [6.45, 7) is 0. The van der Waals surface area contributed by atoms with Crippen molar-refractivity contribution in [1.29, 1.82) is 0 Å². The molecule has 1 aromatic carbocycles. The van der Waals surface area contributed by atoms with E-state index in [1.54, 1.807) is 19.4 Å². The average Bonchev–Trinajstić information content (AvgIpc) is 2.78. The Morgan fingerprint density at radius 2 is 1.78 bits per heavy atom. The zero-order valence-corrected chi connectivity index (χ0v) is 9.69. The van der Waals surface area contributed by atoms with Gasteiger partial charge in [-0.1, -0.05) is 6.07 Å². The molecule has 0 unspecified atom stereocenters. The van der Waals surface area contributed by atoms with Gasteiger partial charge in [-0.2, -0.15) is 0 Å². The Morgan fingerprint density at radius 3 is 2.50 bits per heavy atom. The van der Waals surface area contributed by atoms with Gasteiger partial charge in [0, 0.05) is 25.0 Å². The number of nitrogens with zero attached hydrogens (tertiary/aromatic N) is 2.